The van der Waals surface area contributed by atoms with Gasteiger partial charge in [0.1, 0.15) is 0 Å². The van der Waals surface area contributed by atoms with Crippen LogP contribution in [0.25, 0.3) is 0 Å². The van der Waals surface area contributed by atoms with Gasteiger partial charge in [-0.25, -0.2) is 4.98 Å². The highest BCUT2D eigenvalue weighted by Crippen LogP contribution is 2.16. The minimum absolute atomic E-state index is 0.229. The molecule has 0 radical (unpaired) electrons. The molecule has 5 heteroatoms. The highest BCUT2D eigenvalue weighted by atomic mass is 35.5. The van der Waals surface area contributed by atoms with Gasteiger partial charge in [-0.1, -0.05) is 0 Å². The molecule has 1 aromatic heterocycles. The van der Waals surface area contributed by atoms with Gasteiger partial charge in [-0.3, -0.25) is 0 Å². The Bertz CT molecular complexity index is 320. The van der Waals surface area contributed by atoms with Crippen LogP contribution < -0.4 is 4.74 Å². The fraction of sp³-hybridized carbons (Fsp3) is 0.600. The minimum atomic E-state index is 0.229. The van der Waals surface area contributed by atoms with Crippen LogP contribution in [-0.4, -0.2) is 29.8 Å². The average Bonchev–Trinajstić information content (AvgIpc) is 2.65. The molecule has 2 rings (SSSR count). The molecule has 82 valence electrons. The highest BCUT2D eigenvalue weighted by Gasteiger charge is 2.16. The molecule has 0 bridgehead atoms. The molecular weight excluding hydrogens is 216 g/mol. The van der Waals surface area contributed by atoms with Crippen molar-refractivity contribution in [1.82, 2.24) is 9.97 Å². The fourth-order valence-corrected chi connectivity index (χ4v) is 1.71. The van der Waals surface area contributed by atoms with Crippen molar-refractivity contribution in [2.24, 2.45) is 5.92 Å². The van der Waals surface area contributed by atoms with Crippen molar-refractivity contribution in [1.29, 1.82) is 0 Å². The summed E-state index contributed by atoms with van der Waals surface area (Å²) < 4.78 is 10.8. The maximum atomic E-state index is 5.72. The van der Waals surface area contributed by atoms with Crippen molar-refractivity contribution in [2.45, 2.75) is 13.3 Å². The van der Waals surface area contributed by atoms with E-state index < -0.39 is 0 Å². The molecule has 0 amide bonds. The topological polar surface area (TPSA) is 44.2 Å². The Balaban J connectivity index is 1.92. The van der Waals surface area contributed by atoms with Crippen LogP contribution in [0.3, 0.4) is 0 Å². The molecule has 15 heavy (non-hydrogen) atoms. The van der Waals surface area contributed by atoms with E-state index >= 15 is 0 Å². The van der Waals surface area contributed by atoms with Gasteiger partial charge in [-0.2, -0.15) is 4.98 Å². The van der Waals surface area contributed by atoms with Gasteiger partial charge in [-0.05, 0) is 24.9 Å². The van der Waals surface area contributed by atoms with Crippen molar-refractivity contribution in [3.8, 4) is 5.88 Å². The fourth-order valence-electron chi connectivity index (χ4n) is 1.50. The predicted octanol–water partition coefficient (Wildman–Crippen LogP) is 1.85. The van der Waals surface area contributed by atoms with E-state index in [1.807, 2.05) is 6.92 Å². The van der Waals surface area contributed by atoms with Gasteiger partial charge in [0.05, 0.1) is 13.2 Å². The number of aromatic nitrogens is 2. The van der Waals surface area contributed by atoms with E-state index in [9.17, 15) is 0 Å². The molecule has 0 aromatic carbocycles. The summed E-state index contributed by atoms with van der Waals surface area (Å²) in [5.41, 5.74) is 0.813. The van der Waals surface area contributed by atoms with E-state index in [1.165, 1.54) is 0 Å². The maximum absolute atomic E-state index is 5.72. The Hall–Kier alpha value is -0.870. The molecule has 1 atom stereocenters. The second-order valence-electron chi connectivity index (χ2n) is 3.66. The van der Waals surface area contributed by atoms with Crippen LogP contribution in [0.2, 0.25) is 5.28 Å². The summed E-state index contributed by atoms with van der Waals surface area (Å²) in [4.78, 5) is 7.95. The summed E-state index contributed by atoms with van der Waals surface area (Å²) in [5.74, 6) is 1.01. The van der Waals surface area contributed by atoms with Crippen LogP contribution in [0.4, 0.5) is 0 Å². The zero-order chi connectivity index (χ0) is 10.7. The van der Waals surface area contributed by atoms with Crippen LogP contribution >= 0.6 is 11.6 Å². The first-order chi connectivity index (χ1) is 7.24. The van der Waals surface area contributed by atoms with Gasteiger partial charge in [0.15, 0.2) is 0 Å². The molecule has 4 nitrogen and oxygen atoms in total. The third-order valence-electron chi connectivity index (χ3n) is 2.29. The maximum Gasteiger partial charge on any atom is 0.225 e. The Morgan fingerprint density at radius 2 is 2.47 bits per heavy atom. The van der Waals surface area contributed by atoms with Crippen molar-refractivity contribution in [2.75, 3.05) is 19.8 Å². The molecular formula is C10H13ClN2O2. The lowest BCUT2D eigenvalue weighted by Crippen LogP contribution is -2.12. The number of halogens is 1. The molecule has 0 saturated carbocycles. The SMILES string of the molecule is Cc1cc(OCC2CCOC2)nc(Cl)n1. The van der Waals surface area contributed by atoms with Crippen LogP contribution in [0.15, 0.2) is 6.07 Å². The van der Waals surface area contributed by atoms with E-state index in [0.29, 0.717) is 18.4 Å². The van der Waals surface area contributed by atoms with Gasteiger partial charge in [0, 0.05) is 24.3 Å². The lowest BCUT2D eigenvalue weighted by atomic mass is 10.1. The molecule has 1 aliphatic heterocycles. The number of ether oxygens (including phenoxy) is 2. The van der Waals surface area contributed by atoms with Gasteiger partial charge < -0.3 is 9.47 Å². The average molecular weight is 229 g/mol. The second kappa shape index (κ2) is 4.77. The first-order valence-electron chi connectivity index (χ1n) is 4.96. The van der Waals surface area contributed by atoms with Crippen molar-refractivity contribution in [3.05, 3.63) is 17.0 Å². The summed E-state index contributed by atoms with van der Waals surface area (Å²) in [6.07, 6.45) is 1.05. The molecule has 1 saturated heterocycles. The smallest absolute Gasteiger partial charge is 0.225 e. The van der Waals surface area contributed by atoms with Crippen molar-refractivity contribution < 1.29 is 9.47 Å². The third kappa shape index (κ3) is 3.04. The number of aryl methyl sites for hydroxylation is 1. The van der Waals surface area contributed by atoms with E-state index in [0.717, 1.165) is 25.3 Å². The zero-order valence-electron chi connectivity index (χ0n) is 8.57. The Kier molecular flexibility index (Phi) is 3.38. The molecule has 1 unspecified atom stereocenters. The monoisotopic (exact) mass is 228 g/mol. The van der Waals surface area contributed by atoms with E-state index in [-0.39, 0.29) is 5.28 Å². The Morgan fingerprint density at radius 3 is 3.13 bits per heavy atom. The Morgan fingerprint density at radius 1 is 1.60 bits per heavy atom. The normalized spacial score (nSPS) is 20.5. The molecule has 0 aliphatic carbocycles. The lowest BCUT2D eigenvalue weighted by molar-refractivity contribution is 0.165. The number of hydrogen-bond donors (Lipinski definition) is 0. The standard InChI is InChI=1S/C10H13ClN2O2/c1-7-4-9(13-10(11)12-7)15-6-8-2-3-14-5-8/h4,8H,2-3,5-6H2,1H3. The minimum Gasteiger partial charge on any atom is -0.477 e. The van der Waals surface area contributed by atoms with Crippen LogP contribution in [-0.2, 0) is 4.74 Å². The summed E-state index contributed by atoms with van der Waals surface area (Å²) in [6, 6.07) is 1.78. The quantitative estimate of drug-likeness (QED) is 0.741. The largest absolute Gasteiger partial charge is 0.477 e. The summed E-state index contributed by atoms with van der Waals surface area (Å²) >= 11 is 5.72. The molecule has 1 fully saturated rings. The van der Waals surface area contributed by atoms with Crippen LogP contribution in [0.1, 0.15) is 12.1 Å². The molecule has 0 N–H and O–H groups in total. The molecule has 1 aromatic rings. The van der Waals surface area contributed by atoms with Crippen LogP contribution in [0, 0.1) is 12.8 Å². The Labute approximate surface area is 93.6 Å². The number of hydrogen-bond acceptors (Lipinski definition) is 4. The summed E-state index contributed by atoms with van der Waals surface area (Å²) in [7, 11) is 0. The highest BCUT2D eigenvalue weighted by molar-refractivity contribution is 6.28. The first-order valence-corrected chi connectivity index (χ1v) is 5.33. The summed E-state index contributed by atoms with van der Waals surface area (Å²) in [5, 5.41) is 0.229. The van der Waals surface area contributed by atoms with E-state index in [2.05, 4.69) is 9.97 Å². The first kappa shape index (κ1) is 10.6. The van der Waals surface area contributed by atoms with Gasteiger partial charge in [0.25, 0.3) is 0 Å². The lowest BCUT2D eigenvalue weighted by Gasteiger charge is -2.09. The van der Waals surface area contributed by atoms with E-state index in [1.54, 1.807) is 6.07 Å². The number of rotatable bonds is 3. The van der Waals surface area contributed by atoms with Gasteiger partial charge in [0.2, 0.25) is 11.2 Å². The molecule has 0 spiro atoms. The predicted molar refractivity (Wildman–Crippen MR) is 56.2 cm³/mol. The number of nitrogens with zero attached hydrogens (tertiary/aromatic N) is 2. The van der Waals surface area contributed by atoms with Crippen LogP contribution in [0.5, 0.6) is 5.88 Å². The molecule has 2 heterocycles. The van der Waals surface area contributed by atoms with Crippen molar-refractivity contribution in [3.63, 3.8) is 0 Å². The summed E-state index contributed by atoms with van der Waals surface area (Å²) in [6.45, 7) is 4.10. The van der Waals surface area contributed by atoms with Crippen molar-refractivity contribution >= 4 is 11.6 Å². The van der Waals surface area contributed by atoms with Gasteiger partial charge in [-0.15, -0.1) is 0 Å². The van der Waals surface area contributed by atoms with E-state index in [4.69, 9.17) is 21.1 Å². The zero-order valence-corrected chi connectivity index (χ0v) is 9.33. The third-order valence-corrected chi connectivity index (χ3v) is 2.46. The second-order valence-corrected chi connectivity index (χ2v) is 4.00. The molecule has 1 aliphatic rings. The van der Waals surface area contributed by atoms with Gasteiger partial charge >= 0.3 is 0 Å².